The highest BCUT2D eigenvalue weighted by Crippen LogP contribution is 2.33. The topological polar surface area (TPSA) is 73.9 Å². The highest BCUT2D eigenvalue weighted by atomic mass is 35.5. The zero-order chi connectivity index (χ0) is 19.2. The van der Waals surface area contributed by atoms with Gasteiger partial charge in [-0.3, -0.25) is 4.79 Å². The van der Waals surface area contributed by atoms with E-state index in [0.29, 0.717) is 17.1 Å². The van der Waals surface area contributed by atoms with Gasteiger partial charge in [-0.05, 0) is 35.9 Å². The van der Waals surface area contributed by atoms with Crippen molar-refractivity contribution in [3.05, 3.63) is 77.0 Å². The molecule has 27 heavy (non-hydrogen) atoms. The Morgan fingerprint density at radius 3 is 2.74 bits per heavy atom. The molecule has 1 aliphatic heterocycles. The van der Waals surface area contributed by atoms with E-state index in [1.54, 1.807) is 42.5 Å². The summed E-state index contributed by atoms with van der Waals surface area (Å²) in [7, 11) is 0. The number of carbonyl (C=O) groups is 2. The number of carbonyl (C=O) groups excluding carboxylic acids is 2. The average Bonchev–Trinajstić information content (AvgIpc) is 3.13. The molecule has 3 rings (SSSR count). The van der Waals surface area contributed by atoms with Crippen molar-refractivity contribution < 1.29 is 23.8 Å². The monoisotopic (exact) mass is 385 g/mol. The number of fused-ring (bicyclic) bond motifs is 1. The maximum absolute atomic E-state index is 12.5. The molecule has 0 spiro atoms. The number of nitrogens with one attached hydrogen (secondary N) is 1. The minimum Gasteiger partial charge on any atom is -0.457 e. The maximum atomic E-state index is 12.5. The van der Waals surface area contributed by atoms with Gasteiger partial charge in [-0.25, -0.2) is 4.79 Å². The smallest absolute Gasteiger partial charge is 0.355 e. The molecular weight excluding hydrogens is 370 g/mol. The fraction of sp³-hybridized carbons (Fsp3) is 0.100. The van der Waals surface area contributed by atoms with E-state index in [1.165, 1.54) is 12.2 Å². The van der Waals surface area contributed by atoms with E-state index in [4.69, 9.17) is 25.8 Å². The Bertz CT molecular complexity index is 922. The Labute approximate surface area is 161 Å². The lowest BCUT2D eigenvalue weighted by Crippen LogP contribution is -2.28. The summed E-state index contributed by atoms with van der Waals surface area (Å²) in [5.74, 6) is -0.0563. The van der Waals surface area contributed by atoms with E-state index >= 15 is 0 Å². The van der Waals surface area contributed by atoms with Crippen molar-refractivity contribution in [3.8, 4) is 11.5 Å². The number of rotatable bonds is 6. The van der Waals surface area contributed by atoms with Crippen LogP contribution < -0.4 is 14.8 Å². The van der Waals surface area contributed by atoms with Crippen molar-refractivity contribution in [1.29, 1.82) is 0 Å². The van der Waals surface area contributed by atoms with Gasteiger partial charge in [-0.15, -0.1) is 0 Å². The predicted octanol–water partition coefficient (Wildman–Crippen LogP) is 3.57. The molecule has 7 heteroatoms. The van der Waals surface area contributed by atoms with E-state index in [0.717, 1.165) is 0 Å². The standard InChI is InChI=1S/C20H16ClNO5/c1-2-9-25-20(24)16(22-19(23)14-5-3-4-6-15(14)21)10-13-7-8-17-18(11-13)27-12-26-17/h2-8,10-11H,1,9,12H2,(H,22,23). The van der Waals surface area contributed by atoms with E-state index < -0.39 is 11.9 Å². The summed E-state index contributed by atoms with van der Waals surface area (Å²) in [5.41, 5.74) is 0.831. The number of amides is 1. The van der Waals surface area contributed by atoms with Gasteiger partial charge in [0.25, 0.3) is 5.91 Å². The largest absolute Gasteiger partial charge is 0.457 e. The van der Waals surface area contributed by atoms with E-state index in [9.17, 15) is 9.59 Å². The van der Waals surface area contributed by atoms with Gasteiger partial charge < -0.3 is 19.5 Å². The van der Waals surface area contributed by atoms with Gasteiger partial charge in [-0.2, -0.15) is 0 Å². The zero-order valence-corrected chi connectivity index (χ0v) is 15.0. The van der Waals surface area contributed by atoms with Crippen LogP contribution in [-0.2, 0) is 9.53 Å². The number of hydrogen-bond donors (Lipinski definition) is 1. The molecule has 6 nitrogen and oxygen atoms in total. The SMILES string of the molecule is C=CCOC(=O)C(=Cc1ccc2c(c1)OCO2)NC(=O)c1ccccc1Cl. The summed E-state index contributed by atoms with van der Waals surface area (Å²) >= 11 is 6.05. The molecule has 1 heterocycles. The molecule has 0 bridgehead atoms. The van der Waals surface area contributed by atoms with Crippen LogP contribution in [0.1, 0.15) is 15.9 Å². The fourth-order valence-electron chi connectivity index (χ4n) is 2.36. The molecule has 0 saturated heterocycles. The third-order valence-electron chi connectivity index (χ3n) is 3.63. The zero-order valence-electron chi connectivity index (χ0n) is 14.2. The van der Waals surface area contributed by atoms with E-state index in [2.05, 4.69) is 11.9 Å². The number of ether oxygens (including phenoxy) is 3. The first-order chi connectivity index (χ1) is 13.1. The summed E-state index contributed by atoms with van der Waals surface area (Å²) in [6.07, 6.45) is 2.92. The van der Waals surface area contributed by atoms with Gasteiger partial charge in [0, 0.05) is 0 Å². The summed E-state index contributed by atoms with van der Waals surface area (Å²) in [6, 6.07) is 11.7. The van der Waals surface area contributed by atoms with Crippen LogP contribution >= 0.6 is 11.6 Å². The second-order valence-electron chi connectivity index (χ2n) is 5.49. The van der Waals surface area contributed by atoms with E-state index in [-0.39, 0.29) is 29.7 Å². The van der Waals surface area contributed by atoms with E-state index in [1.807, 2.05) is 0 Å². The molecule has 0 fully saturated rings. The first kappa shape index (κ1) is 18.5. The summed E-state index contributed by atoms with van der Waals surface area (Å²) < 4.78 is 15.6. The van der Waals surface area contributed by atoms with Crippen LogP contribution in [0.25, 0.3) is 6.08 Å². The van der Waals surface area contributed by atoms with Crippen LogP contribution in [0.3, 0.4) is 0 Å². The maximum Gasteiger partial charge on any atom is 0.355 e. The average molecular weight is 386 g/mol. The molecule has 2 aromatic carbocycles. The molecule has 0 unspecified atom stereocenters. The Balaban J connectivity index is 1.88. The van der Waals surface area contributed by atoms with Crippen molar-refractivity contribution >= 4 is 29.6 Å². The van der Waals surface area contributed by atoms with Crippen LogP contribution in [0, 0.1) is 0 Å². The lowest BCUT2D eigenvalue weighted by atomic mass is 10.1. The Kier molecular flexibility index (Phi) is 5.78. The molecule has 2 aromatic rings. The fourth-order valence-corrected chi connectivity index (χ4v) is 2.58. The number of esters is 1. The van der Waals surface area contributed by atoms with Gasteiger partial charge in [0.15, 0.2) is 11.5 Å². The summed E-state index contributed by atoms with van der Waals surface area (Å²) in [6.45, 7) is 3.66. The quantitative estimate of drug-likeness (QED) is 0.467. The molecule has 0 saturated carbocycles. The number of benzene rings is 2. The van der Waals surface area contributed by atoms with Gasteiger partial charge in [0.1, 0.15) is 12.3 Å². The predicted molar refractivity (Wildman–Crippen MR) is 101 cm³/mol. The molecule has 0 radical (unpaired) electrons. The molecule has 138 valence electrons. The Morgan fingerprint density at radius 2 is 1.96 bits per heavy atom. The third-order valence-corrected chi connectivity index (χ3v) is 3.96. The Hall–Kier alpha value is -3.25. The minimum atomic E-state index is -0.701. The van der Waals surface area contributed by atoms with Gasteiger partial charge >= 0.3 is 5.97 Å². The first-order valence-electron chi connectivity index (χ1n) is 8.03. The molecule has 1 N–H and O–H groups in total. The number of halogens is 1. The van der Waals surface area contributed by atoms with Crippen LogP contribution in [0.2, 0.25) is 5.02 Å². The van der Waals surface area contributed by atoms with Gasteiger partial charge in [0.05, 0.1) is 10.6 Å². The molecule has 1 amide bonds. The lowest BCUT2D eigenvalue weighted by Gasteiger charge is -2.10. The van der Waals surface area contributed by atoms with Crippen molar-refractivity contribution in [2.24, 2.45) is 0 Å². The van der Waals surface area contributed by atoms with Gasteiger partial charge in [0.2, 0.25) is 6.79 Å². The van der Waals surface area contributed by atoms with Crippen LogP contribution in [-0.4, -0.2) is 25.3 Å². The van der Waals surface area contributed by atoms with Crippen molar-refractivity contribution in [1.82, 2.24) is 5.32 Å². The number of hydrogen-bond acceptors (Lipinski definition) is 5. The third kappa shape index (κ3) is 4.48. The van der Waals surface area contributed by atoms with Crippen molar-refractivity contribution in [3.63, 3.8) is 0 Å². The molecule has 0 aromatic heterocycles. The second-order valence-corrected chi connectivity index (χ2v) is 5.90. The lowest BCUT2D eigenvalue weighted by molar-refractivity contribution is -0.138. The second kappa shape index (κ2) is 8.42. The van der Waals surface area contributed by atoms with Crippen molar-refractivity contribution in [2.75, 3.05) is 13.4 Å². The molecule has 0 aliphatic carbocycles. The summed E-state index contributed by atoms with van der Waals surface area (Å²) in [5, 5.41) is 2.83. The normalized spacial score (nSPS) is 12.4. The Morgan fingerprint density at radius 1 is 1.19 bits per heavy atom. The summed E-state index contributed by atoms with van der Waals surface area (Å²) in [4.78, 5) is 24.9. The molecule has 0 atom stereocenters. The van der Waals surface area contributed by atoms with Crippen molar-refractivity contribution in [2.45, 2.75) is 0 Å². The first-order valence-corrected chi connectivity index (χ1v) is 8.41. The highest BCUT2D eigenvalue weighted by Gasteiger charge is 2.18. The van der Waals surface area contributed by atoms with Crippen LogP contribution in [0.5, 0.6) is 11.5 Å². The van der Waals surface area contributed by atoms with Gasteiger partial charge in [-0.1, -0.05) is 42.5 Å². The molecule has 1 aliphatic rings. The minimum absolute atomic E-state index is 0.0132. The highest BCUT2D eigenvalue weighted by molar-refractivity contribution is 6.34. The van der Waals surface area contributed by atoms with Crippen LogP contribution in [0.15, 0.2) is 60.8 Å². The molecular formula is C20H16ClNO5. The van der Waals surface area contributed by atoms with Crippen LogP contribution in [0.4, 0.5) is 0 Å².